The standard InChI is InChI=1S/C68H100N12O32S2/c1-33(2)24-44(78-64(102)42(25-35-10-5-4-6-11-35)76-65(103)43(27-53(91)92)77-63(101)41(72-34(3)83)26-36-14-16-37(17-15-36)112-114(106,107)108)67(105)80-23-9-13-46(80)66(104)75-40(19-21-52(89)90)61(99)73-38(60(98)74-39(18-20-51(87)88)62(100)79-45(32-113)59(69)97)12-7-8-22-70-50(86)31-109-71-28-47(84)54(93)58(48(85)29-81)111-68-57(96)56(95)55(94)49(30-82)110-68/h4-6,10-11,14-17,28,33,38-49,54-58,68,81-82,84-85,93-96,113H,7-9,12-13,18-27,29-32H2,1-3H3,(H2,69,97)(H,70,86)(H,72,83)(H,73,99)(H,74,98)(H,75,104)(H,76,103)(H,77,101)(H,78,102)(H,79,100)(H,87,88)(H,89,90)(H,91,92)(H,106,107,108)/b71-28+/t38-,39-,40-,41-,42-,43-,44-,45-,46-,47-,48+,49+,54+,55-,56-,57+,58+,68-/m0/s1. The second-order valence-electron chi connectivity index (χ2n) is 27.0. The third-order valence-corrected chi connectivity index (χ3v) is 18.3. The summed E-state index contributed by atoms with van der Waals surface area (Å²) in [6.45, 7) is 1.24. The zero-order valence-electron chi connectivity index (χ0n) is 62.0. The Bertz CT molecular complexity index is 3740. The van der Waals surface area contributed by atoms with Crippen LogP contribution < -0.4 is 57.8 Å². The number of hydrogen-bond donors (Lipinski definition) is 23. The summed E-state index contributed by atoms with van der Waals surface area (Å²) in [5.74, 6) is -17.0. The van der Waals surface area contributed by atoms with E-state index in [-0.39, 0.29) is 81.5 Å². The number of nitrogens with zero attached hydrogens (tertiary/aromatic N) is 2. The number of amides is 11. The molecule has 23 N–H and O–H groups in total. The van der Waals surface area contributed by atoms with E-state index in [2.05, 4.69) is 69.8 Å². The van der Waals surface area contributed by atoms with E-state index in [1.807, 2.05) is 0 Å². The topological polar surface area (TPSA) is 703 Å². The SMILES string of the molecule is CC(=O)N[C@@H](Cc1ccc(OS(=O)(=O)O)cc1)C(=O)N[C@@H](CC(=O)O)C(=O)N[C@@H](Cc1ccccc1)C(=O)N[C@@H](CC(C)C)C(=O)N1CCC[C@H]1C(=O)N[C@@H](CCC(=O)O)C(=O)N[C@@H](CCCCNC(=O)CO/N=C/[C@H](O)[C@@H](O)[C@H](O[C@@H]1O[C@H](CO)[C@H](O)[C@H](O)[C@H]1O)[C@H](O)CO)C(=O)N[C@@H](CCC(=O)O)C(=O)N[C@@H](CS)C(N)=O. The molecule has 0 unspecified atom stereocenters. The molecule has 2 aromatic rings. The van der Waals surface area contributed by atoms with E-state index < -0.39 is 261 Å². The molecule has 2 aliphatic rings. The predicted octanol–water partition coefficient (Wildman–Crippen LogP) is -8.24. The average molecular weight is 1660 g/mol. The van der Waals surface area contributed by atoms with E-state index in [1.165, 1.54) is 12.1 Å². The van der Waals surface area contributed by atoms with Gasteiger partial charge in [0.15, 0.2) is 12.9 Å². The van der Waals surface area contributed by atoms with Crippen molar-refractivity contribution in [1.82, 2.24) is 52.8 Å². The number of carboxylic acid groups (broad SMARTS) is 3. The van der Waals surface area contributed by atoms with Crippen LogP contribution in [-0.2, 0) is 105 Å². The summed E-state index contributed by atoms with van der Waals surface area (Å²) in [7, 11) is -4.91. The molecule has 114 heavy (non-hydrogen) atoms. The maximum Gasteiger partial charge on any atom is 0.446 e. The number of hydrogen-bond acceptors (Lipinski definition) is 30. The summed E-state index contributed by atoms with van der Waals surface area (Å²) in [6, 6.07) is -1.98. The largest absolute Gasteiger partial charge is 0.481 e. The number of carboxylic acids is 3. The molecule has 11 amide bonds. The van der Waals surface area contributed by atoms with Gasteiger partial charge < -0.3 is 133 Å². The summed E-state index contributed by atoms with van der Waals surface area (Å²) >= 11 is 3.99. The van der Waals surface area contributed by atoms with Gasteiger partial charge in [-0.15, -0.1) is 0 Å². The highest BCUT2D eigenvalue weighted by Crippen LogP contribution is 2.26. The monoisotopic (exact) mass is 1660 g/mol. The van der Waals surface area contributed by atoms with Crippen molar-refractivity contribution < 1.29 is 155 Å². The molecule has 0 aliphatic carbocycles. The number of unbranched alkanes of at least 4 members (excludes halogenated alkanes) is 1. The Morgan fingerprint density at radius 1 is 0.658 bits per heavy atom. The number of primary amides is 1. The second kappa shape index (κ2) is 47.7. The fourth-order valence-corrected chi connectivity index (χ4v) is 12.3. The van der Waals surface area contributed by atoms with Gasteiger partial charge in [0.05, 0.1) is 25.8 Å². The van der Waals surface area contributed by atoms with E-state index in [9.17, 15) is 132 Å². The molecular formula is C68H100N12O32S2. The van der Waals surface area contributed by atoms with Crippen LogP contribution in [0.15, 0.2) is 59.8 Å². The fraction of sp³-hybridized carbons (Fsp3) is 0.603. The van der Waals surface area contributed by atoms with E-state index in [4.69, 9.17) is 24.6 Å². The molecule has 18 atom stereocenters. The molecule has 0 spiro atoms. The highest BCUT2D eigenvalue weighted by molar-refractivity contribution is 7.81. The van der Waals surface area contributed by atoms with Crippen molar-refractivity contribution in [2.75, 3.05) is 38.7 Å². The summed E-state index contributed by atoms with van der Waals surface area (Å²) in [6.07, 6.45) is -22.1. The molecule has 44 nitrogen and oxygen atoms in total. The lowest BCUT2D eigenvalue weighted by atomic mass is 9.98. The van der Waals surface area contributed by atoms with Crippen molar-refractivity contribution in [3.05, 3.63) is 65.7 Å². The van der Waals surface area contributed by atoms with Crippen LogP contribution in [0.1, 0.15) is 103 Å². The number of rotatable bonds is 50. The fourth-order valence-electron chi connectivity index (χ4n) is 11.7. The van der Waals surface area contributed by atoms with Crippen molar-refractivity contribution in [3.8, 4) is 5.75 Å². The Morgan fingerprint density at radius 3 is 1.70 bits per heavy atom. The van der Waals surface area contributed by atoms with Gasteiger partial charge in [0.25, 0.3) is 5.91 Å². The molecule has 46 heteroatoms. The van der Waals surface area contributed by atoms with Crippen LogP contribution in [0.25, 0.3) is 0 Å². The molecule has 2 heterocycles. The van der Waals surface area contributed by atoms with Crippen LogP contribution >= 0.6 is 12.6 Å². The molecule has 4 rings (SSSR count). The third-order valence-electron chi connectivity index (χ3n) is 17.5. The first-order valence-electron chi connectivity index (χ1n) is 35.8. The van der Waals surface area contributed by atoms with Crippen molar-refractivity contribution in [1.29, 1.82) is 0 Å². The summed E-state index contributed by atoms with van der Waals surface area (Å²) < 4.78 is 46.4. The zero-order valence-corrected chi connectivity index (χ0v) is 63.7. The summed E-state index contributed by atoms with van der Waals surface area (Å²) in [4.78, 5) is 194. The van der Waals surface area contributed by atoms with Crippen molar-refractivity contribution >= 4 is 112 Å². The van der Waals surface area contributed by atoms with Crippen molar-refractivity contribution in [3.63, 3.8) is 0 Å². The maximum atomic E-state index is 14.9. The number of ether oxygens (including phenoxy) is 2. The number of nitrogens with two attached hydrogens (primary N) is 1. The van der Waals surface area contributed by atoms with Crippen LogP contribution in [0.4, 0.5) is 0 Å². The number of thiol groups is 1. The van der Waals surface area contributed by atoms with Gasteiger partial charge in [-0.3, -0.25) is 71.7 Å². The van der Waals surface area contributed by atoms with Crippen molar-refractivity contribution in [2.45, 2.75) is 214 Å². The van der Waals surface area contributed by atoms with Gasteiger partial charge in [-0.25, -0.2) is 0 Å². The molecule has 0 aromatic heterocycles. The van der Waals surface area contributed by atoms with Gasteiger partial charge in [0.2, 0.25) is 59.1 Å². The van der Waals surface area contributed by atoms with Gasteiger partial charge in [0, 0.05) is 51.4 Å². The Hall–Kier alpha value is -9.85. The molecule has 0 bridgehead atoms. The number of aliphatic carboxylic acids is 3. The van der Waals surface area contributed by atoms with Crippen LogP contribution in [0.5, 0.6) is 5.75 Å². The Kier molecular flexibility index (Phi) is 40.4. The number of carbonyl (C=O) groups excluding carboxylic acids is 11. The van der Waals surface area contributed by atoms with E-state index in [1.54, 1.807) is 44.2 Å². The number of aliphatic hydroxyl groups is 8. The first-order chi connectivity index (χ1) is 53.7. The molecule has 2 aromatic carbocycles. The van der Waals surface area contributed by atoms with Gasteiger partial charge in [0.1, 0.15) is 109 Å². The summed E-state index contributed by atoms with van der Waals surface area (Å²) in [5, 5.41) is 136. The third kappa shape index (κ3) is 32.9. The van der Waals surface area contributed by atoms with Gasteiger partial charge in [-0.05, 0) is 80.5 Å². The molecule has 0 saturated carbocycles. The molecule has 2 aliphatic heterocycles. The van der Waals surface area contributed by atoms with Gasteiger partial charge in [-0.2, -0.15) is 21.0 Å². The molecular weight excluding hydrogens is 1560 g/mol. The average Bonchev–Trinajstić information content (AvgIpc) is 1.02. The molecule has 636 valence electrons. The Labute approximate surface area is 657 Å². The summed E-state index contributed by atoms with van der Waals surface area (Å²) in [5.41, 5.74) is 6.08. The number of nitrogens with one attached hydrogen (secondary N) is 9. The van der Waals surface area contributed by atoms with E-state index in [0.29, 0.717) is 11.8 Å². The first kappa shape index (κ1) is 96.5. The van der Waals surface area contributed by atoms with Crippen LogP contribution in [0, 0.1) is 5.92 Å². The van der Waals surface area contributed by atoms with Crippen molar-refractivity contribution in [2.24, 2.45) is 16.8 Å². The maximum absolute atomic E-state index is 14.9. The Morgan fingerprint density at radius 2 is 1.18 bits per heavy atom. The molecule has 2 saturated heterocycles. The lowest BCUT2D eigenvalue weighted by Gasteiger charge is -2.42. The van der Waals surface area contributed by atoms with E-state index >= 15 is 0 Å². The van der Waals surface area contributed by atoms with Crippen LogP contribution in [-0.4, -0.2) is 311 Å². The number of carbonyl (C=O) groups is 14. The number of likely N-dealkylation sites (tertiary alicyclic amines) is 1. The van der Waals surface area contributed by atoms with Gasteiger partial charge in [-0.1, -0.05) is 61.5 Å². The first-order valence-corrected chi connectivity index (χ1v) is 37.8. The molecule has 2 fully saturated rings. The quantitative estimate of drug-likeness (QED) is 0.00962. The lowest BCUT2D eigenvalue weighted by molar-refractivity contribution is -0.326. The second-order valence-corrected chi connectivity index (χ2v) is 28.4. The normalized spacial score (nSPS) is 20.0. The highest BCUT2D eigenvalue weighted by atomic mass is 32.3. The number of benzene rings is 2. The van der Waals surface area contributed by atoms with E-state index in [0.717, 1.165) is 24.0 Å². The van der Waals surface area contributed by atoms with Crippen LogP contribution in [0.2, 0.25) is 0 Å². The molecule has 0 radical (unpaired) electrons. The number of aliphatic hydroxyl groups excluding tert-OH is 8. The minimum atomic E-state index is -4.91. The lowest BCUT2D eigenvalue weighted by Crippen LogP contribution is -2.61. The smallest absolute Gasteiger partial charge is 0.446 e. The van der Waals surface area contributed by atoms with Gasteiger partial charge >= 0.3 is 28.3 Å². The minimum Gasteiger partial charge on any atom is -0.481 e. The highest BCUT2D eigenvalue weighted by Gasteiger charge is 2.48. The predicted molar refractivity (Wildman–Crippen MR) is 392 cm³/mol. The van der Waals surface area contributed by atoms with Crippen LogP contribution in [0.3, 0.4) is 0 Å². The minimum absolute atomic E-state index is 0.0282. The Balaban J connectivity index is 1.56. The number of oxime groups is 1. The zero-order chi connectivity index (χ0) is 85.3.